The lowest BCUT2D eigenvalue weighted by atomic mass is 9.70. The molecule has 2 bridgehead atoms. The Balaban J connectivity index is 1.52. The van der Waals surface area contributed by atoms with Crippen molar-refractivity contribution in [3.05, 3.63) is 90.5 Å². The average molecular weight is 773 g/mol. The molecule has 3 heterocycles. The first-order valence-electron chi connectivity index (χ1n) is 16.7. The summed E-state index contributed by atoms with van der Waals surface area (Å²) in [5, 5.41) is 13.0. The monoisotopic (exact) mass is 771 g/mol. The molecule has 3 aliphatic rings. The average Bonchev–Trinajstić information content (AvgIpc) is 3.70. The van der Waals surface area contributed by atoms with Crippen molar-refractivity contribution in [2.24, 2.45) is 11.8 Å². The van der Waals surface area contributed by atoms with Crippen molar-refractivity contribution < 1.29 is 38.5 Å². The number of fused-ring (bicyclic) bond motifs is 1. The second-order valence-electron chi connectivity index (χ2n) is 12.7. The number of aliphatic hydroxyl groups is 1. The summed E-state index contributed by atoms with van der Waals surface area (Å²) in [5.74, 6) is -3.95. The van der Waals surface area contributed by atoms with Crippen LogP contribution in [0, 0.1) is 11.8 Å². The maximum Gasteiger partial charge on any atom is 0.313 e. The van der Waals surface area contributed by atoms with E-state index >= 15 is 0 Å². The molecule has 3 amide bonds. The number of hydrogen-bond acceptors (Lipinski definition) is 8. The van der Waals surface area contributed by atoms with E-state index in [9.17, 15) is 24.3 Å². The Morgan fingerprint density at radius 2 is 1.90 bits per heavy atom. The fourth-order valence-electron chi connectivity index (χ4n) is 7.54. The van der Waals surface area contributed by atoms with Crippen molar-refractivity contribution >= 4 is 56.9 Å². The molecule has 11 nitrogen and oxygen atoms in total. The first-order valence-corrected chi connectivity index (χ1v) is 18.0. The van der Waals surface area contributed by atoms with Gasteiger partial charge in [-0.2, -0.15) is 0 Å². The first-order chi connectivity index (χ1) is 24.1. The smallest absolute Gasteiger partial charge is 0.313 e. The number of ether oxygens (including phenoxy) is 3. The van der Waals surface area contributed by atoms with E-state index in [1.54, 1.807) is 60.7 Å². The number of alkyl halides is 1. The molecule has 2 aromatic rings. The molecule has 0 aromatic heterocycles. The molecular weight excluding hydrogens is 730 g/mol. The van der Waals surface area contributed by atoms with Crippen LogP contribution in [0.5, 0.6) is 0 Å². The number of carbonyl (C=O) groups is 4. The van der Waals surface area contributed by atoms with Gasteiger partial charge in [-0.05, 0) is 37.0 Å². The van der Waals surface area contributed by atoms with Crippen LogP contribution in [0.3, 0.4) is 0 Å². The molecule has 2 N–H and O–H groups in total. The van der Waals surface area contributed by atoms with E-state index in [1.165, 1.54) is 16.9 Å². The van der Waals surface area contributed by atoms with E-state index in [-0.39, 0.29) is 56.3 Å². The largest absolute Gasteiger partial charge is 0.455 e. The SMILES string of the molecule is C=CCCC(=O)N[C@H](COC)[C@H](OC(=O)[C@@H]1[C@H]2O[C@@]3(CC2Br)[C@H](C(=O)N(CC=C)c2ccccc2Cl)N(CCCO)C(=O)[C@@H]13)c1ccccc1. The zero-order valence-corrected chi connectivity index (χ0v) is 30.3. The highest BCUT2D eigenvalue weighted by atomic mass is 79.9. The third-order valence-corrected chi connectivity index (χ3v) is 10.7. The van der Waals surface area contributed by atoms with E-state index in [0.29, 0.717) is 22.7 Å². The number of halogens is 2. The number of allylic oxidation sites excluding steroid dienone is 1. The van der Waals surface area contributed by atoms with Crippen molar-refractivity contribution in [2.75, 3.05) is 38.3 Å². The number of benzene rings is 2. The molecule has 3 saturated heterocycles. The minimum atomic E-state index is -1.38. The number of rotatable bonds is 17. The van der Waals surface area contributed by atoms with Crippen LogP contribution < -0.4 is 10.2 Å². The highest BCUT2D eigenvalue weighted by molar-refractivity contribution is 9.09. The fraction of sp³-hybridized carbons (Fsp3) is 0.459. The van der Waals surface area contributed by atoms with E-state index in [0.717, 1.165) is 0 Å². The maximum atomic E-state index is 14.7. The molecule has 50 heavy (non-hydrogen) atoms. The predicted octanol–water partition coefficient (Wildman–Crippen LogP) is 4.37. The number of anilines is 1. The van der Waals surface area contributed by atoms with Gasteiger partial charge in [0, 0.05) is 38.1 Å². The molecule has 0 radical (unpaired) electrons. The molecule has 1 unspecified atom stereocenters. The summed E-state index contributed by atoms with van der Waals surface area (Å²) in [6.07, 6.45) is 2.62. The Hall–Kier alpha value is -3.55. The Morgan fingerprint density at radius 3 is 2.56 bits per heavy atom. The van der Waals surface area contributed by atoms with Gasteiger partial charge in [0.1, 0.15) is 17.7 Å². The van der Waals surface area contributed by atoms with Gasteiger partial charge in [0.2, 0.25) is 11.8 Å². The number of nitrogens with one attached hydrogen (secondary N) is 1. The van der Waals surface area contributed by atoms with Crippen molar-refractivity contribution in [3.8, 4) is 0 Å². The van der Waals surface area contributed by atoms with Gasteiger partial charge in [0.15, 0.2) is 0 Å². The van der Waals surface area contributed by atoms with Crippen LogP contribution in [0.1, 0.15) is 37.4 Å². The third-order valence-electron chi connectivity index (χ3n) is 9.58. The number of hydrogen-bond donors (Lipinski definition) is 2. The van der Waals surface area contributed by atoms with E-state index in [1.807, 2.05) is 6.07 Å². The van der Waals surface area contributed by atoms with Gasteiger partial charge in [0.25, 0.3) is 5.91 Å². The number of esters is 1. The topological polar surface area (TPSA) is 135 Å². The van der Waals surface area contributed by atoms with Crippen LogP contribution >= 0.6 is 27.5 Å². The van der Waals surface area contributed by atoms with Crippen molar-refractivity contribution in [1.29, 1.82) is 0 Å². The Morgan fingerprint density at radius 1 is 1.18 bits per heavy atom. The van der Waals surface area contributed by atoms with Gasteiger partial charge in [-0.15, -0.1) is 13.2 Å². The minimum Gasteiger partial charge on any atom is -0.455 e. The zero-order valence-electron chi connectivity index (χ0n) is 27.9. The van der Waals surface area contributed by atoms with Gasteiger partial charge < -0.3 is 34.4 Å². The molecular formula is C37H43BrClN3O8. The third kappa shape index (κ3) is 7.27. The molecule has 3 fully saturated rings. The maximum absolute atomic E-state index is 14.7. The van der Waals surface area contributed by atoms with Crippen LogP contribution in [0.15, 0.2) is 79.9 Å². The summed E-state index contributed by atoms with van der Waals surface area (Å²) in [6.45, 7) is 7.51. The van der Waals surface area contributed by atoms with Gasteiger partial charge in [-0.25, -0.2) is 0 Å². The minimum absolute atomic E-state index is 0.0390. The lowest BCUT2D eigenvalue weighted by Crippen LogP contribution is -2.57. The van der Waals surface area contributed by atoms with Crippen molar-refractivity contribution in [2.45, 2.75) is 60.4 Å². The van der Waals surface area contributed by atoms with Crippen LogP contribution in [-0.4, -0.2) is 95.7 Å². The van der Waals surface area contributed by atoms with Gasteiger partial charge in [0.05, 0.1) is 41.3 Å². The molecule has 0 saturated carbocycles. The lowest BCUT2D eigenvalue weighted by Gasteiger charge is -2.37. The molecule has 8 atom stereocenters. The van der Waals surface area contributed by atoms with E-state index in [2.05, 4.69) is 34.4 Å². The van der Waals surface area contributed by atoms with Gasteiger partial charge in [-0.1, -0.05) is 82.1 Å². The standard InChI is InChI=1S/C37H43BrClN3O8/c1-4-6-17-28(44)40-26(22-48-3)31(23-13-8-7-9-14-23)49-36(47)29-30-34(45)42(19-12-20-43)33(37(30)21-24(38)32(29)50-37)35(46)41(18-5-2)27-16-11-10-15-25(27)39/h4-5,7-11,13-16,24,26,29-33,43H,1-2,6,12,17-22H2,3H3,(H,40,44)/t24?,26-,29+,30-,31-,32+,33+,37-/m1/s1. The van der Waals surface area contributed by atoms with E-state index < -0.39 is 59.5 Å². The zero-order chi connectivity index (χ0) is 36.0. The quantitative estimate of drug-likeness (QED) is 0.138. The van der Waals surface area contributed by atoms with Crippen molar-refractivity contribution in [3.63, 3.8) is 0 Å². The Kier molecular flexibility index (Phi) is 12.6. The summed E-state index contributed by atoms with van der Waals surface area (Å²) in [6, 6.07) is 14.0. The second-order valence-corrected chi connectivity index (χ2v) is 14.3. The summed E-state index contributed by atoms with van der Waals surface area (Å²) in [4.78, 5) is 59.0. The van der Waals surface area contributed by atoms with Crippen molar-refractivity contribution in [1.82, 2.24) is 10.2 Å². The van der Waals surface area contributed by atoms with Crippen LogP contribution in [0.2, 0.25) is 5.02 Å². The lowest BCUT2D eigenvalue weighted by molar-refractivity contribution is -0.163. The molecule has 13 heteroatoms. The summed E-state index contributed by atoms with van der Waals surface area (Å²) >= 11 is 10.3. The second kappa shape index (κ2) is 16.6. The molecule has 5 rings (SSSR count). The molecule has 3 aliphatic heterocycles. The number of para-hydroxylation sites is 1. The number of likely N-dealkylation sites (tertiary alicyclic amines) is 1. The van der Waals surface area contributed by atoms with Gasteiger partial charge in [-0.3, -0.25) is 19.2 Å². The molecule has 2 aromatic carbocycles. The number of nitrogens with zero attached hydrogens (tertiary/aromatic N) is 2. The number of aliphatic hydroxyl groups excluding tert-OH is 1. The molecule has 268 valence electrons. The molecule has 0 aliphatic carbocycles. The Labute approximate surface area is 305 Å². The van der Waals surface area contributed by atoms with Crippen LogP contribution in [0.4, 0.5) is 5.69 Å². The number of carbonyl (C=O) groups excluding carboxylic acids is 4. The molecule has 1 spiro atoms. The Bertz CT molecular complexity index is 1580. The first kappa shape index (κ1) is 37.7. The predicted molar refractivity (Wildman–Crippen MR) is 192 cm³/mol. The normalized spacial score (nSPS) is 26.2. The van der Waals surface area contributed by atoms with Crippen LogP contribution in [-0.2, 0) is 33.4 Å². The highest BCUT2D eigenvalue weighted by Crippen LogP contribution is 2.60. The summed E-state index contributed by atoms with van der Waals surface area (Å²) < 4.78 is 18.4. The summed E-state index contributed by atoms with van der Waals surface area (Å²) in [7, 11) is 1.49. The number of methoxy groups -OCH3 is 1. The van der Waals surface area contributed by atoms with Gasteiger partial charge >= 0.3 is 5.97 Å². The summed E-state index contributed by atoms with van der Waals surface area (Å²) in [5.41, 5.74) is -0.312. The van der Waals surface area contributed by atoms with Crippen LogP contribution in [0.25, 0.3) is 0 Å². The fourth-order valence-corrected chi connectivity index (χ4v) is 8.72. The highest BCUT2D eigenvalue weighted by Gasteiger charge is 2.77. The number of amides is 3. The van der Waals surface area contributed by atoms with E-state index in [4.69, 9.17) is 25.8 Å².